The fraction of sp³-hybridized carbons (Fsp3) is 0.111. The van der Waals surface area contributed by atoms with E-state index in [0.29, 0.717) is 0 Å². The van der Waals surface area contributed by atoms with E-state index in [0.717, 1.165) is 12.1 Å². The zero-order valence-electron chi connectivity index (χ0n) is 14.0. The van der Waals surface area contributed by atoms with E-state index in [1.165, 1.54) is 38.5 Å². The minimum Gasteiger partial charge on any atom is -0.465 e. The molecule has 0 fully saturated rings. The highest BCUT2D eigenvalue weighted by Crippen LogP contribution is 2.47. The highest BCUT2D eigenvalue weighted by molar-refractivity contribution is 7.63. The third-order valence-corrected chi connectivity index (χ3v) is 5.29. The molecule has 0 atom stereocenters. The predicted molar refractivity (Wildman–Crippen MR) is 94.4 cm³/mol. The Balaban J connectivity index is 2.14. The first-order valence-electron chi connectivity index (χ1n) is 7.62. The lowest BCUT2D eigenvalue weighted by atomic mass is 10.4. The molecule has 2 aromatic heterocycles. The second-order valence-corrected chi connectivity index (χ2v) is 7.23. The van der Waals surface area contributed by atoms with Gasteiger partial charge in [-0.2, -0.15) is 0 Å². The highest BCUT2D eigenvalue weighted by atomic mass is 31.2. The average Bonchev–Trinajstić information content (AvgIpc) is 2.62. The second kappa shape index (κ2) is 7.06. The minimum atomic E-state index is -4.14. The first-order chi connectivity index (χ1) is 12.4. The fourth-order valence-corrected chi connectivity index (χ4v) is 3.90. The Hall–Kier alpha value is -3.05. The smallest absolute Gasteiger partial charge is 0.463 e. The Kier molecular flexibility index (Phi) is 4.82. The molecule has 0 aliphatic carbocycles. The van der Waals surface area contributed by atoms with Crippen molar-refractivity contribution in [1.29, 1.82) is 0 Å². The summed E-state index contributed by atoms with van der Waals surface area (Å²) in [5.74, 6) is -0.238. The van der Waals surface area contributed by atoms with Crippen molar-refractivity contribution in [2.45, 2.75) is 13.8 Å². The molecule has 0 unspecified atom stereocenters. The van der Waals surface area contributed by atoms with Crippen molar-refractivity contribution < 1.29 is 22.4 Å². The van der Waals surface area contributed by atoms with Crippen LogP contribution in [0.5, 0.6) is 11.5 Å². The molecule has 0 aliphatic rings. The van der Waals surface area contributed by atoms with Crippen LogP contribution in [0.15, 0.2) is 73.4 Å². The molecule has 26 heavy (non-hydrogen) atoms. The molecule has 0 radical (unpaired) electrons. The summed E-state index contributed by atoms with van der Waals surface area (Å²) < 4.78 is 34.9. The number of aryl methyl sites for hydroxylation is 2. The van der Waals surface area contributed by atoms with Crippen LogP contribution in [0.3, 0.4) is 0 Å². The summed E-state index contributed by atoms with van der Waals surface area (Å²) in [6, 6.07) is 10.3. The topological polar surface area (TPSA) is 95.9 Å². The van der Waals surface area contributed by atoms with Gasteiger partial charge >= 0.3 is 7.60 Å². The number of rotatable bonds is 5. The highest BCUT2D eigenvalue weighted by Gasteiger charge is 2.34. The van der Waals surface area contributed by atoms with Crippen LogP contribution in [0, 0.1) is 13.8 Å². The maximum atomic E-state index is 13.6. The monoisotopic (exact) mass is 374 g/mol. The standard InChI is InChI=1S/C18H15O7P/c1-12-17(15(19)8-10-22-12)24-26(21,14-6-4-3-5-7-14)25-18-13(2)23-11-9-16(18)20/h3-11H,1-2H3. The van der Waals surface area contributed by atoms with Crippen LogP contribution in [0.2, 0.25) is 0 Å². The molecule has 0 N–H and O–H groups in total. The van der Waals surface area contributed by atoms with Crippen LogP contribution in [0.25, 0.3) is 0 Å². The normalized spacial score (nSPS) is 11.2. The largest absolute Gasteiger partial charge is 0.465 e. The molecule has 134 valence electrons. The van der Waals surface area contributed by atoms with Crippen molar-refractivity contribution in [3.05, 3.63) is 87.0 Å². The Bertz CT molecular complexity index is 1020. The first-order valence-corrected chi connectivity index (χ1v) is 9.16. The SMILES string of the molecule is Cc1occc(=O)c1OP(=O)(Oc1c(C)occc1=O)c1ccccc1. The van der Waals surface area contributed by atoms with Gasteiger partial charge in [-0.15, -0.1) is 0 Å². The van der Waals surface area contributed by atoms with Crippen LogP contribution in [0.1, 0.15) is 11.5 Å². The zero-order valence-corrected chi connectivity index (χ0v) is 14.9. The second-order valence-electron chi connectivity index (χ2n) is 5.36. The summed E-state index contributed by atoms with van der Waals surface area (Å²) in [4.78, 5) is 24.2. The molecule has 8 heteroatoms. The van der Waals surface area contributed by atoms with Crippen LogP contribution >= 0.6 is 7.60 Å². The molecule has 3 aromatic rings. The van der Waals surface area contributed by atoms with Crippen LogP contribution < -0.4 is 25.2 Å². The molecule has 7 nitrogen and oxygen atoms in total. The third kappa shape index (κ3) is 3.48. The van der Waals surface area contributed by atoms with Crippen LogP contribution in [0.4, 0.5) is 0 Å². The molecule has 0 aliphatic heterocycles. The molecule has 0 spiro atoms. The lowest BCUT2D eigenvalue weighted by Gasteiger charge is -2.20. The predicted octanol–water partition coefficient (Wildman–Crippen LogP) is 3.19. The van der Waals surface area contributed by atoms with Gasteiger partial charge in [0.05, 0.1) is 17.8 Å². The number of hydrogen-bond donors (Lipinski definition) is 0. The molecule has 1 aromatic carbocycles. The maximum absolute atomic E-state index is 13.6. The van der Waals surface area contributed by atoms with Gasteiger partial charge in [0.25, 0.3) is 0 Å². The Labute approximate surface area is 148 Å². The first kappa shape index (κ1) is 17.8. The van der Waals surface area contributed by atoms with Crippen molar-refractivity contribution in [3.8, 4) is 11.5 Å². The average molecular weight is 374 g/mol. The van der Waals surface area contributed by atoms with Crippen molar-refractivity contribution in [1.82, 2.24) is 0 Å². The van der Waals surface area contributed by atoms with Gasteiger partial charge in [0, 0.05) is 12.1 Å². The van der Waals surface area contributed by atoms with E-state index in [2.05, 4.69) is 0 Å². The maximum Gasteiger partial charge on any atom is 0.463 e. The van der Waals surface area contributed by atoms with Crippen molar-refractivity contribution in [2.75, 3.05) is 0 Å². The molecule has 0 amide bonds. The van der Waals surface area contributed by atoms with E-state index in [4.69, 9.17) is 17.9 Å². The molecule has 0 bridgehead atoms. The van der Waals surface area contributed by atoms with Crippen LogP contribution in [-0.2, 0) is 4.57 Å². The van der Waals surface area contributed by atoms with Crippen molar-refractivity contribution in [2.24, 2.45) is 0 Å². The summed E-state index contributed by atoms with van der Waals surface area (Å²) >= 11 is 0. The number of hydrogen-bond acceptors (Lipinski definition) is 7. The van der Waals surface area contributed by atoms with Gasteiger partial charge in [-0.3, -0.25) is 9.59 Å². The summed E-state index contributed by atoms with van der Waals surface area (Å²) in [7, 11) is -4.14. The van der Waals surface area contributed by atoms with Crippen LogP contribution in [-0.4, -0.2) is 0 Å². The quantitative estimate of drug-likeness (QED) is 0.633. The van der Waals surface area contributed by atoms with Crippen molar-refractivity contribution in [3.63, 3.8) is 0 Å². The zero-order chi connectivity index (χ0) is 18.7. The molecule has 3 rings (SSSR count). The van der Waals surface area contributed by atoms with Gasteiger partial charge in [0.15, 0.2) is 0 Å². The van der Waals surface area contributed by atoms with Crippen molar-refractivity contribution >= 4 is 12.9 Å². The van der Waals surface area contributed by atoms with E-state index in [9.17, 15) is 14.2 Å². The summed E-state index contributed by atoms with van der Waals surface area (Å²) in [5, 5.41) is 0.172. The fourth-order valence-electron chi connectivity index (χ4n) is 2.19. The van der Waals surface area contributed by atoms with Gasteiger partial charge in [-0.25, -0.2) is 4.57 Å². The molecular weight excluding hydrogens is 359 g/mol. The lowest BCUT2D eigenvalue weighted by Crippen LogP contribution is -2.20. The van der Waals surface area contributed by atoms with Gasteiger partial charge in [-0.1, -0.05) is 18.2 Å². The minimum absolute atomic E-state index is 0.133. The molecular formula is C18H15O7P. The Morgan fingerprint density at radius 2 is 1.23 bits per heavy atom. The van der Waals surface area contributed by atoms with E-state index in [-0.39, 0.29) is 28.3 Å². The summed E-state index contributed by atoms with van der Waals surface area (Å²) in [5.41, 5.74) is -1.05. The van der Waals surface area contributed by atoms with E-state index >= 15 is 0 Å². The molecule has 0 saturated carbocycles. The van der Waals surface area contributed by atoms with Gasteiger partial charge in [0.2, 0.25) is 22.4 Å². The van der Waals surface area contributed by atoms with E-state index in [1.807, 2.05) is 0 Å². The summed E-state index contributed by atoms with van der Waals surface area (Å²) in [6.07, 6.45) is 2.41. The van der Waals surface area contributed by atoms with E-state index in [1.54, 1.807) is 18.2 Å². The molecule has 2 heterocycles. The summed E-state index contributed by atoms with van der Waals surface area (Å²) in [6.45, 7) is 2.99. The van der Waals surface area contributed by atoms with Gasteiger partial charge in [-0.05, 0) is 26.0 Å². The Morgan fingerprint density at radius 1 is 0.769 bits per heavy atom. The number of benzene rings is 1. The molecule has 0 saturated heterocycles. The van der Waals surface area contributed by atoms with E-state index < -0.39 is 18.5 Å². The van der Waals surface area contributed by atoms with Gasteiger partial charge in [0.1, 0.15) is 11.5 Å². The Morgan fingerprint density at radius 3 is 1.65 bits per heavy atom. The lowest BCUT2D eigenvalue weighted by molar-refractivity contribution is 0.370. The third-order valence-electron chi connectivity index (χ3n) is 3.51. The van der Waals surface area contributed by atoms with Gasteiger partial charge < -0.3 is 17.9 Å².